The Hall–Kier alpha value is -1.37. The monoisotopic (exact) mass is 379 g/mol. The standard InChI is InChI=1S/C24H30NOP/c1-14-7-16-11-27(25)26-19-10-15(2)9-18-21(19)24(13-23(18,5)6)12-22(3,4)17(8-14)20(16)24/h7-10H,11-13,25H2,1-6H3. The van der Waals surface area contributed by atoms with E-state index in [1.54, 1.807) is 5.56 Å². The van der Waals surface area contributed by atoms with E-state index in [-0.39, 0.29) is 16.2 Å². The summed E-state index contributed by atoms with van der Waals surface area (Å²) < 4.78 is 6.46. The highest BCUT2D eigenvalue weighted by atomic mass is 31.2. The Bertz CT molecular complexity index is 909. The predicted octanol–water partition coefficient (Wildman–Crippen LogP) is 6.12. The van der Waals surface area contributed by atoms with Crippen LogP contribution in [-0.2, 0) is 22.4 Å². The molecule has 0 radical (unpaired) electrons. The van der Waals surface area contributed by atoms with Gasteiger partial charge in [0.1, 0.15) is 5.75 Å². The highest BCUT2D eigenvalue weighted by molar-refractivity contribution is 7.49. The SMILES string of the molecule is Cc1cc2c3c(c1)C(C)(C)CC31CC(C)(C)c3cc(C)cc(c31)OP(N)C2. The first-order valence-corrected chi connectivity index (χ1v) is 11.6. The fourth-order valence-electron chi connectivity index (χ4n) is 6.50. The minimum absolute atomic E-state index is 0.0559. The summed E-state index contributed by atoms with van der Waals surface area (Å²) in [5.41, 5.74) is 17.0. The van der Waals surface area contributed by atoms with Gasteiger partial charge in [-0.25, -0.2) is 0 Å². The van der Waals surface area contributed by atoms with Gasteiger partial charge < -0.3 is 4.52 Å². The Labute approximate surface area is 164 Å². The van der Waals surface area contributed by atoms with Gasteiger partial charge in [0.15, 0.2) is 8.30 Å². The average Bonchev–Trinajstić information content (AvgIpc) is 2.85. The quantitative estimate of drug-likeness (QED) is 0.560. The van der Waals surface area contributed by atoms with Crippen molar-refractivity contribution >= 4 is 8.30 Å². The molecule has 3 aliphatic rings. The first-order valence-electron chi connectivity index (χ1n) is 10.0. The summed E-state index contributed by atoms with van der Waals surface area (Å²) in [5, 5.41) is 0. The van der Waals surface area contributed by atoms with Crippen LogP contribution in [0.2, 0.25) is 0 Å². The van der Waals surface area contributed by atoms with Gasteiger partial charge in [0, 0.05) is 17.1 Å². The Morgan fingerprint density at radius 1 is 0.852 bits per heavy atom. The lowest BCUT2D eigenvalue weighted by atomic mass is 9.71. The maximum Gasteiger partial charge on any atom is 0.162 e. The van der Waals surface area contributed by atoms with Crippen LogP contribution in [0.15, 0.2) is 24.3 Å². The first-order chi connectivity index (χ1) is 12.5. The molecule has 3 heteroatoms. The molecule has 2 atom stereocenters. The zero-order valence-electron chi connectivity index (χ0n) is 17.4. The first kappa shape index (κ1) is 17.7. The van der Waals surface area contributed by atoms with Gasteiger partial charge >= 0.3 is 0 Å². The molecule has 0 saturated heterocycles. The van der Waals surface area contributed by atoms with Crippen molar-refractivity contribution in [3.8, 4) is 5.75 Å². The molecule has 142 valence electrons. The second kappa shape index (κ2) is 5.16. The lowest BCUT2D eigenvalue weighted by Gasteiger charge is -2.35. The molecule has 2 aromatic carbocycles. The Kier molecular flexibility index (Phi) is 3.38. The van der Waals surface area contributed by atoms with Crippen molar-refractivity contribution in [1.82, 2.24) is 0 Å². The van der Waals surface area contributed by atoms with Crippen molar-refractivity contribution < 1.29 is 4.52 Å². The molecule has 0 aromatic heterocycles. The number of benzene rings is 2. The minimum atomic E-state index is -1.01. The summed E-state index contributed by atoms with van der Waals surface area (Å²) >= 11 is 0. The van der Waals surface area contributed by atoms with Crippen LogP contribution < -0.4 is 10.0 Å². The van der Waals surface area contributed by atoms with Crippen LogP contribution in [0.25, 0.3) is 0 Å². The highest BCUT2D eigenvalue weighted by Gasteiger charge is 2.59. The van der Waals surface area contributed by atoms with Crippen molar-refractivity contribution in [2.24, 2.45) is 5.50 Å². The second-order valence-electron chi connectivity index (χ2n) is 10.4. The van der Waals surface area contributed by atoms with Crippen LogP contribution >= 0.6 is 8.30 Å². The van der Waals surface area contributed by atoms with Gasteiger partial charge in [-0.05, 0) is 71.4 Å². The lowest BCUT2D eigenvalue weighted by molar-refractivity contribution is 0.345. The van der Waals surface area contributed by atoms with E-state index in [0.29, 0.717) is 0 Å². The van der Waals surface area contributed by atoms with Gasteiger partial charge in [-0.3, -0.25) is 5.50 Å². The van der Waals surface area contributed by atoms with E-state index in [2.05, 4.69) is 65.8 Å². The zero-order valence-corrected chi connectivity index (χ0v) is 18.3. The van der Waals surface area contributed by atoms with Gasteiger partial charge in [-0.1, -0.05) is 51.5 Å². The summed E-state index contributed by atoms with van der Waals surface area (Å²) in [6.45, 7) is 14.1. The molecule has 0 fully saturated rings. The fourth-order valence-corrected chi connectivity index (χ4v) is 7.55. The summed E-state index contributed by atoms with van der Waals surface area (Å²) in [7, 11) is -1.01. The average molecular weight is 379 g/mol. The highest BCUT2D eigenvalue weighted by Crippen LogP contribution is 2.67. The van der Waals surface area contributed by atoms with Crippen LogP contribution in [-0.4, -0.2) is 0 Å². The van der Waals surface area contributed by atoms with E-state index in [0.717, 1.165) is 24.8 Å². The van der Waals surface area contributed by atoms with Gasteiger partial charge in [0.05, 0.1) is 0 Å². The third kappa shape index (κ3) is 2.26. The van der Waals surface area contributed by atoms with E-state index in [1.165, 1.54) is 33.4 Å². The number of nitrogens with two attached hydrogens (primary N) is 1. The molecule has 2 aromatic rings. The van der Waals surface area contributed by atoms with Gasteiger partial charge in [0.25, 0.3) is 0 Å². The molecule has 2 unspecified atom stereocenters. The van der Waals surface area contributed by atoms with Crippen molar-refractivity contribution in [3.63, 3.8) is 0 Å². The van der Waals surface area contributed by atoms with E-state index < -0.39 is 8.30 Å². The Morgan fingerprint density at radius 2 is 1.41 bits per heavy atom. The van der Waals surface area contributed by atoms with Crippen molar-refractivity contribution in [2.45, 2.75) is 76.8 Å². The van der Waals surface area contributed by atoms with Crippen LogP contribution in [0.3, 0.4) is 0 Å². The van der Waals surface area contributed by atoms with Crippen molar-refractivity contribution in [1.29, 1.82) is 0 Å². The van der Waals surface area contributed by atoms with E-state index in [1.807, 2.05) is 0 Å². The Morgan fingerprint density at radius 3 is 2.04 bits per heavy atom. The van der Waals surface area contributed by atoms with Gasteiger partial charge in [0.2, 0.25) is 0 Å². The molecule has 1 aliphatic heterocycles. The van der Waals surface area contributed by atoms with Crippen molar-refractivity contribution in [3.05, 3.63) is 63.2 Å². The number of hydrogen-bond acceptors (Lipinski definition) is 2. The molecule has 2 N–H and O–H groups in total. The molecule has 2 nitrogen and oxygen atoms in total. The summed E-state index contributed by atoms with van der Waals surface area (Å²) in [6, 6.07) is 9.44. The normalized spacial score (nSPS) is 28.8. The van der Waals surface area contributed by atoms with Crippen LogP contribution in [0, 0.1) is 13.8 Å². The van der Waals surface area contributed by atoms with E-state index in [9.17, 15) is 0 Å². The molecule has 0 bridgehead atoms. The third-order valence-electron chi connectivity index (χ3n) is 7.06. The molecular formula is C24H30NOP. The number of aryl methyl sites for hydroxylation is 2. The maximum atomic E-state index is 6.54. The molecule has 0 saturated carbocycles. The molecular weight excluding hydrogens is 349 g/mol. The summed E-state index contributed by atoms with van der Waals surface area (Å²) in [6.07, 6.45) is 3.16. The molecule has 27 heavy (non-hydrogen) atoms. The van der Waals surface area contributed by atoms with Crippen LogP contribution in [0.5, 0.6) is 5.75 Å². The van der Waals surface area contributed by atoms with Crippen molar-refractivity contribution in [2.75, 3.05) is 0 Å². The van der Waals surface area contributed by atoms with E-state index >= 15 is 0 Å². The predicted molar refractivity (Wildman–Crippen MR) is 114 cm³/mol. The molecule has 0 amide bonds. The lowest BCUT2D eigenvalue weighted by Crippen LogP contribution is -2.29. The maximum absolute atomic E-state index is 6.54. The molecule has 5 rings (SSSR count). The zero-order chi connectivity index (χ0) is 19.4. The fraction of sp³-hybridized carbons (Fsp3) is 0.500. The molecule has 1 heterocycles. The summed E-state index contributed by atoms with van der Waals surface area (Å²) in [5.74, 6) is 1.05. The van der Waals surface area contributed by atoms with Gasteiger partial charge in [-0.2, -0.15) is 0 Å². The topological polar surface area (TPSA) is 35.2 Å². The van der Waals surface area contributed by atoms with Gasteiger partial charge in [-0.15, -0.1) is 0 Å². The minimum Gasteiger partial charge on any atom is -0.458 e. The van der Waals surface area contributed by atoms with Crippen LogP contribution in [0.4, 0.5) is 0 Å². The largest absolute Gasteiger partial charge is 0.458 e. The second-order valence-corrected chi connectivity index (χ2v) is 11.7. The summed E-state index contributed by atoms with van der Waals surface area (Å²) in [4.78, 5) is 0. The third-order valence-corrected chi connectivity index (χ3v) is 8.14. The van der Waals surface area contributed by atoms with Crippen LogP contribution in [0.1, 0.15) is 79.5 Å². The molecule has 2 aliphatic carbocycles. The number of rotatable bonds is 0. The smallest absolute Gasteiger partial charge is 0.162 e. The Balaban J connectivity index is 1.94. The molecule has 1 spiro atoms. The van der Waals surface area contributed by atoms with E-state index in [4.69, 9.17) is 10.0 Å². The number of hydrogen-bond donors (Lipinski definition) is 1.